The molecule has 3 rings (SSSR count). The maximum atomic E-state index is 6.23. The van der Waals surface area contributed by atoms with Gasteiger partial charge in [-0.15, -0.1) is 0 Å². The van der Waals surface area contributed by atoms with E-state index in [1.165, 1.54) is 24.0 Å². The molecule has 2 heteroatoms. The second-order valence-corrected chi connectivity index (χ2v) is 5.98. The van der Waals surface area contributed by atoms with Gasteiger partial charge in [-0.2, -0.15) is 0 Å². The molecule has 0 spiro atoms. The summed E-state index contributed by atoms with van der Waals surface area (Å²) in [7, 11) is 0. The molecule has 2 unspecified atom stereocenters. The minimum Gasteiger partial charge on any atom is -0.367 e. The molecule has 0 aromatic heterocycles. The molecule has 2 atom stereocenters. The maximum absolute atomic E-state index is 6.23. The van der Waals surface area contributed by atoms with Gasteiger partial charge in [0.2, 0.25) is 0 Å². The van der Waals surface area contributed by atoms with Crippen molar-refractivity contribution in [3.05, 3.63) is 35.4 Å². The van der Waals surface area contributed by atoms with Gasteiger partial charge < -0.3 is 10.1 Å². The van der Waals surface area contributed by atoms with Crippen molar-refractivity contribution in [2.45, 2.75) is 44.8 Å². The van der Waals surface area contributed by atoms with E-state index in [2.05, 4.69) is 43.4 Å². The van der Waals surface area contributed by atoms with Crippen molar-refractivity contribution in [1.29, 1.82) is 0 Å². The summed E-state index contributed by atoms with van der Waals surface area (Å²) in [5.41, 5.74) is 2.72. The molecule has 1 heterocycles. The first-order chi connectivity index (χ1) is 8.74. The van der Waals surface area contributed by atoms with E-state index in [-0.39, 0.29) is 6.10 Å². The van der Waals surface area contributed by atoms with E-state index in [0.29, 0.717) is 12.0 Å². The van der Waals surface area contributed by atoms with Gasteiger partial charge >= 0.3 is 0 Å². The Balaban J connectivity index is 1.69. The van der Waals surface area contributed by atoms with E-state index < -0.39 is 0 Å². The molecular weight excluding hydrogens is 222 g/mol. The van der Waals surface area contributed by atoms with Gasteiger partial charge in [-0.1, -0.05) is 38.1 Å². The summed E-state index contributed by atoms with van der Waals surface area (Å²) in [5, 5.41) is 3.52. The Kier molecular flexibility index (Phi) is 3.40. The Morgan fingerprint density at radius 2 is 1.83 bits per heavy atom. The third-order valence-electron chi connectivity index (χ3n) is 4.14. The summed E-state index contributed by atoms with van der Waals surface area (Å²) in [4.78, 5) is 0. The third-order valence-corrected chi connectivity index (χ3v) is 4.14. The van der Waals surface area contributed by atoms with Crippen LogP contribution < -0.4 is 5.32 Å². The van der Waals surface area contributed by atoms with Crippen molar-refractivity contribution in [3.8, 4) is 0 Å². The zero-order valence-corrected chi connectivity index (χ0v) is 11.4. The van der Waals surface area contributed by atoms with Crippen LogP contribution in [-0.4, -0.2) is 19.2 Å². The molecule has 1 aliphatic heterocycles. The largest absolute Gasteiger partial charge is 0.367 e. The molecule has 1 aromatic carbocycles. The van der Waals surface area contributed by atoms with E-state index in [1.54, 1.807) is 0 Å². The summed E-state index contributed by atoms with van der Waals surface area (Å²) in [6.45, 7) is 6.45. The van der Waals surface area contributed by atoms with Crippen LogP contribution >= 0.6 is 0 Å². The molecule has 0 bridgehead atoms. The SMILES string of the molecule is CC(C)c1ccc(C2CNCC(C3CC3)O2)cc1. The summed E-state index contributed by atoms with van der Waals surface area (Å²) in [5.74, 6) is 1.42. The molecule has 0 radical (unpaired) electrons. The number of hydrogen-bond acceptors (Lipinski definition) is 2. The van der Waals surface area contributed by atoms with Crippen LogP contribution in [0.15, 0.2) is 24.3 Å². The lowest BCUT2D eigenvalue weighted by Crippen LogP contribution is -2.41. The fourth-order valence-corrected chi connectivity index (χ4v) is 2.70. The summed E-state index contributed by atoms with van der Waals surface area (Å²) < 4.78 is 6.23. The standard InChI is InChI=1S/C16H23NO/c1-11(2)12-3-5-13(6-4-12)15-9-17-10-16(18-15)14-7-8-14/h3-6,11,14-17H,7-10H2,1-2H3. The quantitative estimate of drug-likeness (QED) is 0.882. The summed E-state index contributed by atoms with van der Waals surface area (Å²) in [6.07, 6.45) is 3.38. The molecule has 1 N–H and O–H groups in total. The van der Waals surface area contributed by atoms with Gasteiger partial charge in [-0.25, -0.2) is 0 Å². The first-order valence-corrected chi connectivity index (χ1v) is 7.20. The molecule has 2 fully saturated rings. The van der Waals surface area contributed by atoms with Crippen LogP contribution in [-0.2, 0) is 4.74 Å². The predicted molar refractivity (Wildman–Crippen MR) is 73.7 cm³/mol. The van der Waals surface area contributed by atoms with Crippen LogP contribution in [0, 0.1) is 5.92 Å². The monoisotopic (exact) mass is 245 g/mol. The highest BCUT2D eigenvalue weighted by atomic mass is 16.5. The highest BCUT2D eigenvalue weighted by molar-refractivity contribution is 5.26. The average Bonchev–Trinajstić information content (AvgIpc) is 3.23. The van der Waals surface area contributed by atoms with Crippen molar-refractivity contribution >= 4 is 0 Å². The molecule has 18 heavy (non-hydrogen) atoms. The second kappa shape index (κ2) is 5.02. The predicted octanol–water partition coefficient (Wildman–Crippen LogP) is 3.25. The molecule has 2 aliphatic rings. The van der Waals surface area contributed by atoms with Gasteiger partial charge in [0.15, 0.2) is 0 Å². The zero-order valence-electron chi connectivity index (χ0n) is 11.4. The molecule has 1 saturated heterocycles. The fraction of sp³-hybridized carbons (Fsp3) is 0.625. The molecule has 2 nitrogen and oxygen atoms in total. The topological polar surface area (TPSA) is 21.3 Å². The Morgan fingerprint density at radius 1 is 1.11 bits per heavy atom. The number of hydrogen-bond donors (Lipinski definition) is 1. The molecule has 0 amide bonds. The van der Waals surface area contributed by atoms with E-state index in [4.69, 9.17) is 4.74 Å². The molecule has 98 valence electrons. The molecule has 1 aliphatic carbocycles. The maximum Gasteiger partial charge on any atom is 0.0953 e. The van der Waals surface area contributed by atoms with E-state index in [0.717, 1.165) is 19.0 Å². The Hall–Kier alpha value is -0.860. The summed E-state index contributed by atoms with van der Waals surface area (Å²) >= 11 is 0. The zero-order chi connectivity index (χ0) is 12.5. The molecule has 1 aromatic rings. The number of ether oxygens (including phenoxy) is 1. The van der Waals surface area contributed by atoms with Crippen LogP contribution in [0.2, 0.25) is 0 Å². The second-order valence-electron chi connectivity index (χ2n) is 5.98. The van der Waals surface area contributed by atoms with Crippen molar-refractivity contribution in [2.24, 2.45) is 5.92 Å². The Labute approximate surface area is 110 Å². The smallest absolute Gasteiger partial charge is 0.0953 e. The Bertz CT molecular complexity index is 394. The van der Waals surface area contributed by atoms with Crippen molar-refractivity contribution in [3.63, 3.8) is 0 Å². The fourth-order valence-electron chi connectivity index (χ4n) is 2.70. The van der Waals surface area contributed by atoms with Gasteiger partial charge in [0.05, 0.1) is 12.2 Å². The van der Waals surface area contributed by atoms with Gasteiger partial charge in [0.25, 0.3) is 0 Å². The Morgan fingerprint density at radius 3 is 2.44 bits per heavy atom. The lowest BCUT2D eigenvalue weighted by molar-refractivity contribution is -0.0493. The van der Waals surface area contributed by atoms with Gasteiger partial charge in [-0.05, 0) is 35.8 Å². The summed E-state index contributed by atoms with van der Waals surface area (Å²) in [6, 6.07) is 8.95. The van der Waals surface area contributed by atoms with Crippen molar-refractivity contribution in [2.75, 3.05) is 13.1 Å². The van der Waals surface area contributed by atoms with Crippen LogP contribution in [0.1, 0.15) is 49.8 Å². The minimum atomic E-state index is 0.241. The highest BCUT2D eigenvalue weighted by Gasteiger charge is 2.35. The highest BCUT2D eigenvalue weighted by Crippen LogP contribution is 2.37. The average molecular weight is 245 g/mol. The number of rotatable bonds is 3. The molecule has 1 saturated carbocycles. The molecular formula is C16H23NO. The van der Waals surface area contributed by atoms with Crippen molar-refractivity contribution < 1.29 is 4.74 Å². The first kappa shape index (κ1) is 12.2. The normalized spacial score (nSPS) is 28.6. The van der Waals surface area contributed by atoms with Crippen molar-refractivity contribution in [1.82, 2.24) is 5.32 Å². The van der Waals surface area contributed by atoms with E-state index >= 15 is 0 Å². The lowest BCUT2D eigenvalue weighted by atomic mass is 9.99. The van der Waals surface area contributed by atoms with Crippen LogP contribution in [0.3, 0.4) is 0 Å². The van der Waals surface area contributed by atoms with Gasteiger partial charge in [0, 0.05) is 13.1 Å². The van der Waals surface area contributed by atoms with Crippen LogP contribution in [0.25, 0.3) is 0 Å². The first-order valence-electron chi connectivity index (χ1n) is 7.20. The number of morpholine rings is 1. The van der Waals surface area contributed by atoms with Crippen LogP contribution in [0.4, 0.5) is 0 Å². The van der Waals surface area contributed by atoms with Crippen LogP contribution in [0.5, 0.6) is 0 Å². The number of benzene rings is 1. The minimum absolute atomic E-state index is 0.241. The van der Waals surface area contributed by atoms with E-state index in [1.807, 2.05) is 0 Å². The number of nitrogens with one attached hydrogen (secondary N) is 1. The lowest BCUT2D eigenvalue weighted by Gasteiger charge is -2.31. The van der Waals surface area contributed by atoms with Gasteiger partial charge in [0.1, 0.15) is 0 Å². The van der Waals surface area contributed by atoms with E-state index in [9.17, 15) is 0 Å². The van der Waals surface area contributed by atoms with Gasteiger partial charge in [-0.3, -0.25) is 0 Å². The third kappa shape index (κ3) is 2.60.